The summed E-state index contributed by atoms with van der Waals surface area (Å²) >= 11 is 0. The fourth-order valence-corrected chi connectivity index (χ4v) is 3.75. The number of hydrogen-bond donors (Lipinski definition) is 0. The third-order valence-corrected chi connectivity index (χ3v) is 5.17. The van der Waals surface area contributed by atoms with E-state index < -0.39 is 0 Å². The van der Waals surface area contributed by atoms with Crippen LogP contribution in [0.3, 0.4) is 0 Å². The van der Waals surface area contributed by atoms with E-state index in [-0.39, 0.29) is 5.91 Å². The molecule has 24 heavy (non-hydrogen) atoms. The fourth-order valence-electron chi connectivity index (χ4n) is 3.75. The topological polar surface area (TPSA) is 32.8 Å². The van der Waals surface area contributed by atoms with Gasteiger partial charge in [-0.05, 0) is 69.5 Å². The molecule has 2 saturated heterocycles. The standard InChI is InChI=1S/C20H30N2O2/c1-2-3-15-24-19-10-8-17(9-11-19)20(23)22-14-6-7-18(22)16-21-12-4-5-13-21/h8-11,18H,2-7,12-16H2,1H3/t18-/m0/s1. The third-order valence-electron chi connectivity index (χ3n) is 5.17. The van der Waals surface area contributed by atoms with Crippen molar-refractivity contribution in [1.29, 1.82) is 0 Å². The van der Waals surface area contributed by atoms with Crippen LogP contribution in [-0.4, -0.2) is 54.5 Å². The Balaban J connectivity index is 1.57. The molecule has 2 heterocycles. The maximum Gasteiger partial charge on any atom is 0.254 e. The Labute approximate surface area is 145 Å². The summed E-state index contributed by atoms with van der Waals surface area (Å²) in [7, 11) is 0. The van der Waals surface area contributed by atoms with Crippen molar-refractivity contribution in [2.45, 2.75) is 51.5 Å². The van der Waals surface area contributed by atoms with Gasteiger partial charge in [0, 0.05) is 24.7 Å². The number of carbonyl (C=O) groups excluding carboxylic acids is 1. The minimum atomic E-state index is 0.178. The first-order valence-corrected chi connectivity index (χ1v) is 9.54. The predicted octanol–water partition coefficient (Wildman–Crippen LogP) is 3.57. The van der Waals surface area contributed by atoms with Gasteiger partial charge in [-0.1, -0.05) is 13.3 Å². The summed E-state index contributed by atoms with van der Waals surface area (Å²) in [6.07, 6.45) is 7.07. The van der Waals surface area contributed by atoms with E-state index in [0.29, 0.717) is 6.04 Å². The highest BCUT2D eigenvalue weighted by Gasteiger charge is 2.31. The Kier molecular flexibility index (Phi) is 6.13. The molecule has 0 aromatic heterocycles. The summed E-state index contributed by atoms with van der Waals surface area (Å²) < 4.78 is 5.68. The Morgan fingerprint density at radius 1 is 1.12 bits per heavy atom. The average Bonchev–Trinajstić information content (AvgIpc) is 3.27. The van der Waals surface area contributed by atoms with Crippen LogP contribution in [0.2, 0.25) is 0 Å². The van der Waals surface area contributed by atoms with Gasteiger partial charge in [-0.3, -0.25) is 4.79 Å². The predicted molar refractivity (Wildman–Crippen MR) is 96.6 cm³/mol. The van der Waals surface area contributed by atoms with Crippen molar-refractivity contribution in [2.75, 3.05) is 32.8 Å². The van der Waals surface area contributed by atoms with Crippen molar-refractivity contribution in [2.24, 2.45) is 0 Å². The van der Waals surface area contributed by atoms with Gasteiger partial charge in [0.05, 0.1) is 6.61 Å². The van der Waals surface area contributed by atoms with Crippen molar-refractivity contribution >= 4 is 5.91 Å². The van der Waals surface area contributed by atoms with Crippen molar-refractivity contribution in [3.8, 4) is 5.75 Å². The lowest BCUT2D eigenvalue weighted by Crippen LogP contribution is -2.42. The van der Waals surface area contributed by atoms with E-state index >= 15 is 0 Å². The highest BCUT2D eigenvalue weighted by Crippen LogP contribution is 2.23. The van der Waals surface area contributed by atoms with E-state index in [9.17, 15) is 4.79 Å². The van der Waals surface area contributed by atoms with Gasteiger partial charge < -0.3 is 14.5 Å². The quantitative estimate of drug-likeness (QED) is 0.717. The van der Waals surface area contributed by atoms with Crippen LogP contribution in [0.5, 0.6) is 5.75 Å². The molecular formula is C20H30N2O2. The normalized spacial score (nSPS) is 21.4. The number of benzene rings is 1. The van der Waals surface area contributed by atoms with E-state index in [1.807, 2.05) is 24.3 Å². The first-order valence-electron chi connectivity index (χ1n) is 9.54. The minimum absolute atomic E-state index is 0.178. The second-order valence-electron chi connectivity index (χ2n) is 7.03. The van der Waals surface area contributed by atoms with Crippen LogP contribution >= 0.6 is 0 Å². The molecule has 0 saturated carbocycles. The second kappa shape index (κ2) is 8.52. The lowest BCUT2D eigenvalue weighted by Gasteiger charge is -2.28. The van der Waals surface area contributed by atoms with E-state index in [2.05, 4.69) is 16.7 Å². The van der Waals surface area contributed by atoms with Gasteiger partial charge >= 0.3 is 0 Å². The molecule has 0 radical (unpaired) electrons. The lowest BCUT2D eigenvalue weighted by atomic mass is 10.1. The highest BCUT2D eigenvalue weighted by molar-refractivity contribution is 5.94. The molecule has 0 N–H and O–H groups in total. The smallest absolute Gasteiger partial charge is 0.254 e. The fraction of sp³-hybridized carbons (Fsp3) is 0.650. The SMILES string of the molecule is CCCCOc1ccc(C(=O)N2CCC[C@H]2CN2CCCC2)cc1. The second-order valence-corrected chi connectivity index (χ2v) is 7.03. The number of nitrogens with zero attached hydrogens (tertiary/aromatic N) is 2. The largest absolute Gasteiger partial charge is 0.494 e. The monoisotopic (exact) mass is 330 g/mol. The van der Waals surface area contributed by atoms with Gasteiger partial charge in [0.15, 0.2) is 0 Å². The zero-order valence-electron chi connectivity index (χ0n) is 14.9. The van der Waals surface area contributed by atoms with Crippen LogP contribution in [0.1, 0.15) is 55.8 Å². The molecule has 0 unspecified atom stereocenters. The molecule has 1 atom stereocenters. The Hall–Kier alpha value is -1.55. The van der Waals surface area contributed by atoms with Crippen LogP contribution < -0.4 is 4.74 Å². The molecule has 2 aliphatic heterocycles. The third kappa shape index (κ3) is 4.29. The molecule has 1 aromatic carbocycles. The van der Waals surface area contributed by atoms with Crippen LogP contribution in [0.4, 0.5) is 0 Å². The lowest BCUT2D eigenvalue weighted by molar-refractivity contribution is 0.0708. The van der Waals surface area contributed by atoms with E-state index in [1.54, 1.807) is 0 Å². The number of rotatable bonds is 7. The van der Waals surface area contributed by atoms with Crippen molar-refractivity contribution in [3.63, 3.8) is 0 Å². The summed E-state index contributed by atoms with van der Waals surface area (Å²) in [6, 6.07) is 8.06. The molecule has 2 aliphatic rings. The maximum atomic E-state index is 12.9. The van der Waals surface area contributed by atoms with Crippen molar-refractivity contribution < 1.29 is 9.53 Å². The molecule has 0 spiro atoms. The van der Waals surface area contributed by atoms with Gasteiger partial charge in [-0.15, -0.1) is 0 Å². The Bertz CT molecular complexity index is 523. The highest BCUT2D eigenvalue weighted by atomic mass is 16.5. The first-order chi connectivity index (χ1) is 11.8. The molecule has 4 nitrogen and oxygen atoms in total. The summed E-state index contributed by atoms with van der Waals surface area (Å²) in [6.45, 7) is 7.23. The van der Waals surface area contributed by atoms with Gasteiger partial charge in [0.2, 0.25) is 0 Å². The molecular weight excluding hydrogens is 300 g/mol. The van der Waals surface area contributed by atoms with E-state index in [4.69, 9.17) is 4.74 Å². The Morgan fingerprint density at radius 2 is 1.88 bits per heavy atom. The number of ether oxygens (including phenoxy) is 1. The van der Waals surface area contributed by atoms with E-state index in [1.165, 1.54) is 25.9 Å². The molecule has 1 aromatic rings. The molecule has 2 fully saturated rings. The van der Waals surface area contributed by atoms with E-state index in [0.717, 1.165) is 56.7 Å². The minimum Gasteiger partial charge on any atom is -0.494 e. The van der Waals surface area contributed by atoms with Gasteiger partial charge in [0.1, 0.15) is 5.75 Å². The average molecular weight is 330 g/mol. The zero-order chi connectivity index (χ0) is 16.8. The zero-order valence-corrected chi connectivity index (χ0v) is 14.9. The summed E-state index contributed by atoms with van der Waals surface area (Å²) in [5.41, 5.74) is 0.783. The molecule has 132 valence electrons. The molecule has 1 amide bonds. The number of carbonyl (C=O) groups is 1. The van der Waals surface area contributed by atoms with Crippen LogP contribution in [-0.2, 0) is 0 Å². The summed E-state index contributed by atoms with van der Waals surface area (Å²) in [5.74, 6) is 1.03. The van der Waals surface area contributed by atoms with Gasteiger partial charge in [0.25, 0.3) is 5.91 Å². The number of unbranched alkanes of at least 4 members (excludes halogenated alkanes) is 1. The van der Waals surface area contributed by atoms with Gasteiger partial charge in [-0.2, -0.15) is 0 Å². The molecule has 0 aliphatic carbocycles. The first kappa shape index (κ1) is 17.3. The molecule has 3 rings (SSSR count). The van der Waals surface area contributed by atoms with Crippen LogP contribution in [0.25, 0.3) is 0 Å². The number of amides is 1. The summed E-state index contributed by atoms with van der Waals surface area (Å²) in [4.78, 5) is 17.5. The number of likely N-dealkylation sites (tertiary alicyclic amines) is 2. The van der Waals surface area contributed by atoms with Crippen molar-refractivity contribution in [3.05, 3.63) is 29.8 Å². The number of hydrogen-bond acceptors (Lipinski definition) is 3. The molecule has 0 bridgehead atoms. The van der Waals surface area contributed by atoms with Crippen LogP contribution in [0, 0.1) is 0 Å². The van der Waals surface area contributed by atoms with Crippen LogP contribution in [0.15, 0.2) is 24.3 Å². The maximum absolute atomic E-state index is 12.9. The van der Waals surface area contributed by atoms with Crippen molar-refractivity contribution in [1.82, 2.24) is 9.80 Å². The summed E-state index contributed by atoms with van der Waals surface area (Å²) in [5, 5.41) is 0. The van der Waals surface area contributed by atoms with Gasteiger partial charge in [-0.25, -0.2) is 0 Å². The molecule has 4 heteroatoms. The Morgan fingerprint density at radius 3 is 2.58 bits per heavy atom.